The molecule has 21 heavy (non-hydrogen) atoms. The summed E-state index contributed by atoms with van der Waals surface area (Å²) in [5, 5.41) is 0. The van der Waals surface area contributed by atoms with E-state index in [1.807, 2.05) is 48.3 Å². The van der Waals surface area contributed by atoms with Gasteiger partial charge in [0, 0.05) is 22.5 Å². The summed E-state index contributed by atoms with van der Waals surface area (Å²) in [7, 11) is 1.92. The Morgan fingerprint density at radius 3 is 2.38 bits per heavy atom. The number of rotatable bonds is 2. The first-order valence-electron chi connectivity index (χ1n) is 7.07. The van der Waals surface area contributed by atoms with E-state index in [1.54, 1.807) is 0 Å². The van der Waals surface area contributed by atoms with E-state index < -0.39 is 0 Å². The third-order valence-corrected chi connectivity index (χ3v) is 6.06. The maximum absolute atomic E-state index is 12.7. The van der Waals surface area contributed by atoms with Crippen LogP contribution in [-0.4, -0.2) is 22.3 Å². The monoisotopic (exact) mass is 391 g/mol. The number of fused-ring (bicyclic) bond motifs is 1. The summed E-state index contributed by atoms with van der Waals surface area (Å²) in [6, 6.07) is 18.4. The van der Waals surface area contributed by atoms with Crippen molar-refractivity contribution in [2.75, 3.05) is 11.5 Å². The van der Waals surface area contributed by atoms with Crippen molar-refractivity contribution >= 4 is 28.5 Å². The number of halogens is 1. The Hall–Kier alpha value is -1.36. The highest BCUT2D eigenvalue weighted by atomic mass is 127. The largest absolute Gasteiger partial charge is 0.334 e. The molecule has 3 rings (SSSR count). The molecule has 0 saturated carbocycles. The average Bonchev–Trinajstić information content (AvgIpc) is 2.54. The van der Waals surface area contributed by atoms with E-state index in [2.05, 4.69) is 47.7 Å². The molecule has 2 atom stereocenters. The molecule has 0 N–H and O–H groups in total. The minimum Gasteiger partial charge on any atom is -0.334 e. The second kappa shape index (κ2) is 5.44. The highest BCUT2D eigenvalue weighted by Gasteiger charge is 2.46. The van der Waals surface area contributed by atoms with Crippen molar-refractivity contribution in [2.24, 2.45) is 0 Å². The summed E-state index contributed by atoms with van der Waals surface area (Å²) in [5.74, 6) is 0.113. The van der Waals surface area contributed by atoms with Gasteiger partial charge in [0.05, 0.1) is 6.04 Å². The lowest BCUT2D eigenvalue weighted by atomic mass is 9.70. The first-order valence-corrected chi connectivity index (χ1v) is 8.59. The number of alkyl halides is 1. The van der Waals surface area contributed by atoms with Gasteiger partial charge in [-0.25, -0.2) is 0 Å². The van der Waals surface area contributed by atoms with Gasteiger partial charge < -0.3 is 4.90 Å². The Balaban J connectivity index is 2.24. The van der Waals surface area contributed by atoms with Crippen LogP contribution in [0.4, 0.5) is 0 Å². The van der Waals surface area contributed by atoms with Crippen molar-refractivity contribution in [1.29, 1.82) is 0 Å². The molecular formula is C18H18INO. The zero-order chi connectivity index (χ0) is 15.0. The fourth-order valence-corrected chi connectivity index (χ4v) is 4.25. The van der Waals surface area contributed by atoms with Crippen LogP contribution in [0, 0.1) is 0 Å². The number of nitrogens with zero attached hydrogens (tertiary/aromatic N) is 1. The van der Waals surface area contributed by atoms with Gasteiger partial charge in [-0.05, 0) is 17.2 Å². The van der Waals surface area contributed by atoms with Gasteiger partial charge in [-0.1, -0.05) is 78.0 Å². The number of benzene rings is 2. The maximum atomic E-state index is 12.7. The van der Waals surface area contributed by atoms with Crippen molar-refractivity contribution in [3.05, 3.63) is 71.3 Å². The van der Waals surface area contributed by atoms with E-state index in [0.29, 0.717) is 0 Å². The second-order valence-corrected chi connectivity index (χ2v) is 6.59. The normalized spacial score (nSPS) is 24.8. The first kappa shape index (κ1) is 14.6. The van der Waals surface area contributed by atoms with Crippen molar-refractivity contribution in [3.63, 3.8) is 0 Å². The van der Waals surface area contributed by atoms with Crippen LogP contribution in [0.5, 0.6) is 0 Å². The number of likely N-dealkylation sites (N-methyl/N-ethyl adjacent to an activating group) is 1. The molecule has 1 amide bonds. The quantitative estimate of drug-likeness (QED) is 0.555. The summed E-state index contributed by atoms with van der Waals surface area (Å²) >= 11 is 2.44. The number of carbonyl (C=O) groups excluding carboxylic acids is 1. The number of hydrogen-bond donors (Lipinski definition) is 0. The SMILES string of the molecule is CN1C(=O)c2ccccc2[C@](C)(CI)[C@@H]1c1ccccc1. The van der Waals surface area contributed by atoms with Crippen LogP contribution in [0.25, 0.3) is 0 Å². The molecule has 0 aromatic heterocycles. The van der Waals surface area contributed by atoms with Gasteiger partial charge in [0.2, 0.25) is 0 Å². The Labute approximate surface area is 139 Å². The zero-order valence-corrected chi connectivity index (χ0v) is 14.4. The number of hydrogen-bond acceptors (Lipinski definition) is 1. The molecule has 0 radical (unpaired) electrons. The van der Waals surface area contributed by atoms with E-state index in [1.165, 1.54) is 5.56 Å². The van der Waals surface area contributed by atoms with Gasteiger partial charge >= 0.3 is 0 Å². The van der Waals surface area contributed by atoms with Crippen molar-refractivity contribution in [3.8, 4) is 0 Å². The van der Waals surface area contributed by atoms with E-state index in [4.69, 9.17) is 0 Å². The predicted molar refractivity (Wildman–Crippen MR) is 94.0 cm³/mol. The van der Waals surface area contributed by atoms with Crippen LogP contribution in [0.15, 0.2) is 54.6 Å². The van der Waals surface area contributed by atoms with Crippen LogP contribution in [0.2, 0.25) is 0 Å². The minimum atomic E-state index is -0.0822. The van der Waals surface area contributed by atoms with Crippen molar-refractivity contribution in [2.45, 2.75) is 18.4 Å². The van der Waals surface area contributed by atoms with Gasteiger partial charge in [-0.2, -0.15) is 0 Å². The van der Waals surface area contributed by atoms with Gasteiger partial charge in [-0.15, -0.1) is 0 Å². The summed E-state index contributed by atoms with van der Waals surface area (Å²) in [4.78, 5) is 14.6. The highest BCUT2D eigenvalue weighted by Crippen LogP contribution is 2.47. The standard InChI is InChI=1S/C18H18INO/c1-18(12-19)15-11-7-6-10-14(15)17(21)20(2)16(18)13-8-4-3-5-9-13/h3-11,16H,12H2,1-2H3/t16-,18-/m0/s1. The van der Waals surface area contributed by atoms with Gasteiger partial charge in [0.15, 0.2) is 0 Å². The number of carbonyl (C=O) groups is 1. The molecule has 1 aliphatic heterocycles. The molecule has 3 heteroatoms. The van der Waals surface area contributed by atoms with Crippen molar-refractivity contribution < 1.29 is 4.79 Å². The molecule has 2 aromatic carbocycles. The second-order valence-electron chi connectivity index (χ2n) is 5.83. The minimum absolute atomic E-state index is 0.0676. The van der Waals surface area contributed by atoms with Gasteiger partial charge in [0.25, 0.3) is 5.91 Å². The van der Waals surface area contributed by atoms with Gasteiger partial charge in [-0.3, -0.25) is 4.79 Å². The molecule has 2 nitrogen and oxygen atoms in total. The molecule has 1 heterocycles. The van der Waals surface area contributed by atoms with Gasteiger partial charge in [0.1, 0.15) is 0 Å². The molecular weight excluding hydrogens is 373 g/mol. The molecule has 0 aliphatic carbocycles. The molecule has 0 unspecified atom stereocenters. The Kier molecular flexibility index (Phi) is 3.78. The highest BCUT2D eigenvalue weighted by molar-refractivity contribution is 14.1. The molecule has 0 bridgehead atoms. The fraction of sp³-hybridized carbons (Fsp3) is 0.278. The topological polar surface area (TPSA) is 20.3 Å². The summed E-state index contributed by atoms with van der Waals surface area (Å²) < 4.78 is 0.957. The zero-order valence-electron chi connectivity index (χ0n) is 12.2. The number of amides is 1. The summed E-state index contributed by atoms with van der Waals surface area (Å²) in [6.45, 7) is 2.26. The molecule has 1 aliphatic rings. The maximum Gasteiger partial charge on any atom is 0.254 e. The third-order valence-electron chi connectivity index (χ3n) is 4.48. The average molecular weight is 391 g/mol. The summed E-state index contributed by atoms with van der Waals surface area (Å²) in [6.07, 6.45) is 0. The lowest BCUT2D eigenvalue weighted by molar-refractivity contribution is 0.0615. The summed E-state index contributed by atoms with van der Waals surface area (Å²) in [5.41, 5.74) is 3.12. The van der Waals surface area contributed by atoms with Crippen molar-refractivity contribution in [1.82, 2.24) is 4.90 Å². The Bertz CT molecular complexity index is 670. The van der Waals surface area contributed by atoms with Crippen LogP contribution in [-0.2, 0) is 5.41 Å². The Morgan fingerprint density at radius 2 is 1.71 bits per heavy atom. The molecule has 2 aromatic rings. The molecule has 0 spiro atoms. The van der Waals surface area contributed by atoms with Crippen LogP contribution in [0.1, 0.15) is 34.5 Å². The fourth-order valence-electron chi connectivity index (χ4n) is 3.42. The van der Waals surface area contributed by atoms with Crippen LogP contribution < -0.4 is 0 Å². The Morgan fingerprint density at radius 1 is 1.10 bits per heavy atom. The predicted octanol–water partition coefficient (Wildman–Crippen LogP) is 4.21. The van der Waals surface area contributed by atoms with Crippen LogP contribution >= 0.6 is 22.6 Å². The molecule has 0 saturated heterocycles. The lowest BCUT2D eigenvalue weighted by Gasteiger charge is -2.47. The molecule has 0 fully saturated rings. The van der Waals surface area contributed by atoms with E-state index in [-0.39, 0.29) is 17.4 Å². The van der Waals surface area contributed by atoms with E-state index in [0.717, 1.165) is 15.6 Å². The molecule has 108 valence electrons. The first-order chi connectivity index (χ1) is 10.1. The van der Waals surface area contributed by atoms with E-state index in [9.17, 15) is 4.79 Å². The van der Waals surface area contributed by atoms with Crippen LogP contribution in [0.3, 0.4) is 0 Å². The smallest absolute Gasteiger partial charge is 0.254 e. The van der Waals surface area contributed by atoms with E-state index >= 15 is 0 Å². The lowest BCUT2D eigenvalue weighted by Crippen LogP contribution is -2.49. The third kappa shape index (κ3) is 2.18.